The minimum Gasteiger partial charge on any atom is -0.492 e. The number of ether oxygens (including phenoxy) is 1. The Morgan fingerprint density at radius 3 is 2.28 bits per heavy atom. The van der Waals surface area contributed by atoms with E-state index in [0.717, 1.165) is 5.75 Å². The molecule has 0 aliphatic heterocycles. The number of hydrogen-bond donors (Lipinski definition) is 0. The first-order valence-corrected chi connectivity index (χ1v) is 7.49. The Bertz CT molecular complexity index is 466. The van der Waals surface area contributed by atoms with E-state index in [1.54, 1.807) is 20.9 Å². The summed E-state index contributed by atoms with van der Waals surface area (Å²) >= 11 is 0. The minimum atomic E-state index is -3.18. The Kier molecular flexibility index (Phi) is 5.16. The molecular weight excluding hydrogens is 250 g/mol. The van der Waals surface area contributed by atoms with Gasteiger partial charge in [0.15, 0.2) is 0 Å². The Morgan fingerprint density at radius 2 is 1.78 bits per heavy atom. The highest BCUT2D eigenvalue weighted by Crippen LogP contribution is 2.12. The van der Waals surface area contributed by atoms with Crippen LogP contribution in [0.4, 0.5) is 0 Å². The van der Waals surface area contributed by atoms with Crippen LogP contribution in [-0.4, -0.2) is 38.2 Å². The zero-order chi connectivity index (χ0) is 13.8. The van der Waals surface area contributed by atoms with Gasteiger partial charge in [0.05, 0.1) is 5.25 Å². The quantitative estimate of drug-likeness (QED) is 0.795. The zero-order valence-corrected chi connectivity index (χ0v) is 12.2. The van der Waals surface area contributed by atoms with Crippen molar-refractivity contribution in [1.82, 2.24) is 4.31 Å². The minimum absolute atomic E-state index is 0.353. The number of sulfonamides is 1. The van der Waals surface area contributed by atoms with Crippen molar-refractivity contribution < 1.29 is 13.2 Å². The number of hydrogen-bond acceptors (Lipinski definition) is 3. The third-order valence-corrected chi connectivity index (χ3v) is 4.97. The van der Waals surface area contributed by atoms with E-state index < -0.39 is 15.3 Å². The molecule has 0 unspecified atom stereocenters. The molecule has 0 radical (unpaired) electrons. The van der Waals surface area contributed by atoms with Crippen LogP contribution in [-0.2, 0) is 10.0 Å². The third kappa shape index (κ3) is 3.99. The highest BCUT2D eigenvalue weighted by molar-refractivity contribution is 7.89. The Hall–Kier alpha value is -1.07. The van der Waals surface area contributed by atoms with Crippen molar-refractivity contribution in [3.63, 3.8) is 0 Å². The molecule has 0 amide bonds. The van der Waals surface area contributed by atoms with E-state index in [2.05, 4.69) is 0 Å². The molecule has 0 aliphatic rings. The molecule has 0 saturated carbocycles. The van der Waals surface area contributed by atoms with E-state index >= 15 is 0 Å². The Morgan fingerprint density at radius 1 is 1.22 bits per heavy atom. The summed E-state index contributed by atoms with van der Waals surface area (Å²) in [7, 11) is -1.61. The maximum Gasteiger partial charge on any atom is 0.216 e. The van der Waals surface area contributed by atoms with E-state index in [4.69, 9.17) is 4.74 Å². The maximum atomic E-state index is 11.8. The summed E-state index contributed by atoms with van der Waals surface area (Å²) in [5, 5.41) is -0.401. The lowest BCUT2D eigenvalue weighted by Crippen LogP contribution is -2.35. The SMILES string of the molecule is Cc1ccc(OCCN(C)S(=O)(=O)C(C)C)cc1. The predicted octanol–water partition coefficient (Wildman–Crippen LogP) is 2.04. The normalized spacial score (nSPS) is 12.1. The van der Waals surface area contributed by atoms with E-state index in [0.29, 0.717) is 13.2 Å². The predicted molar refractivity (Wildman–Crippen MR) is 73.4 cm³/mol. The molecule has 0 aliphatic carbocycles. The summed E-state index contributed by atoms with van der Waals surface area (Å²) in [6.07, 6.45) is 0. The number of rotatable bonds is 6. The molecule has 5 heteroatoms. The smallest absolute Gasteiger partial charge is 0.216 e. The summed E-state index contributed by atoms with van der Waals surface area (Å²) in [6.45, 7) is 6.06. The molecule has 0 heterocycles. The van der Waals surface area contributed by atoms with Crippen LogP contribution in [0.2, 0.25) is 0 Å². The van der Waals surface area contributed by atoms with E-state index in [9.17, 15) is 8.42 Å². The van der Waals surface area contributed by atoms with Gasteiger partial charge >= 0.3 is 0 Å². The molecule has 0 saturated heterocycles. The molecule has 1 aromatic rings. The molecule has 4 nitrogen and oxygen atoms in total. The fourth-order valence-electron chi connectivity index (χ4n) is 1.41. The zero-order valence-electron chi connectivity index (χ0n) is 11.4. The number of likely N-dealkylation sites (N-methyl/N-ethyl adjacent to an activating group) is 1. The van der Waals surface area contributed by atoms with Crippen LogP contribution in [0.3, 0.4) is 0 Å². The van der Waals surface area contributed by atoms with Crippen LogP contribution in [0.15, 0.2) is 24.3 Å². The molecule has 0 aromatic heterocycles. The van der Waals surface area contributed by atoms with Crippen LogP contribution in [0.5, 0.6) is 5.75 Å². The lowest BCUT2D eigenvalue weighted by atomic mass is 10.2. The van der Waals surface area contributed by atoms with Crippen LogP contribution in [0, 0.1) is 6.92 Å². The molecule has 0 spiro atoms. The van der Waals surface area contributed by atoms with E-state index in [-0.39, 0.29) is 0 Å². The van der Waals surface area contributed by atoms with Gasteiger partial charge in [-0.25, -0.2) is 12.7 Å². The molecule has 1 rings (SSSR count). The van der Waals surface area contributed by atoms with Gasteiger partial charge in [0.25, 0.3) is 0 Å². The first kappa shape index (κ1) is 15.0. The molecule has 102 valence electrons. The molecule has 1 aromatic carbocycles. The van der Waals surface area contributed by atoms with Crippen molar-refractivity contribution in [3.8, 4) is 5.75 Å². The lowest BCUT2D eigenvalue weighted by Gasteiger charge is -2.19. The maximum absolute atomic E-state index is 11.8. The van der Waals surface area contributed by atoms with Gasteiger partial charge in [-0.2, -0.15) is 0 Å². The Balaban J connectivity index is 2.45. The number of nitrogens with zero attached hydrogens (tertiary/aromatic N) is 1. The monoisotopic (exact) mass is 271 g/mol. The summed E-state index contributed by atoms with van der Waals surface area (Å²) < 4.78 is 30.4. The van der Waals surface area contributed by atoms with Crippen LogP contribution < -0.4 is 4.74 Å². The van der Waals surface area contributed by atoms with Gasteiger partial charge in [-0.1, -0.05) is 17.7 Å². The molecule has 0 N–H and O–H groups in total. The first-order valence-electron chi connectivity index (χ1n) is 5.98. The van der Waals surface area contributed by atoms with Gasteiger partial charge in [0.2, 0.25) is 10.0 Å². The third-order valence-electron chi connectivity index (χ3n) is 2.73. The van der Waals surface area contributed by atoms with Gasteiger partial charge < -0.3 is 4.74 Å². The van der Waals surface area contributed by atoms with Gasteiger partial charge in [0, 0.05) is 13.6 Å². The van der Waals surface area contributed by atoms with Crippen LogP contribution in [0.1, 0.15) is 19.4 Å². The van der Waals surface area contributed by atoms with Gasteiger partial charge in [-0.05, 0) is 32.9 Å². The summed E-state index contributed by atoms with van der Waals surface area (Å²) in [5.74, 6) is 0.760. The highest BCUT2D eigenvalue weighted by Gasteiger charge is 2.21. The number of aryl methyl sites for hydroxylation is 1. The van der Waals surface area contributed by atoms with Crippen molar-refractivity contribution in [2.24, 2.45) is 0 Å². The van der Waals surface area contributed by atoms with Crippen molar-refractivity contribution in [1.29, 1.82) is 0 Å². The molecule has 0 atom stereocenters. The number of benzene rings is 1. The second-order valence-corrected chi connectivity index (χ2v) is 7.17. The largest absolute Gasteiger partial charge is 0.492 e. The first-order chi connectivity index (χ1) is 8.34. The standard InChI is InChI=1S/C13H21NO3S/c1-11(2)18(15,16)14(4)9-10-17-13-7-5-12(3)6-8-13/h5-8,11H,9-10H2,1-4H3. The topological polar surface area (TPSA) is 46.6 Å². The highest BCUT2D eigenvalue weighted by atomic mass is 32.2. The fraction of sp³-hybridized carbons (Fsp3) is 0.538. The van der Waals surface area contributed by atoms with E-state index in [1.807, 2.05) is 31.2 Å². The van der Waals surface area contributed by atoms with Crippen molar-refractivity contribution in [2.45, 2.75) is 26.0 Å². The average molecular weight is 271 g/mol. The summed E-state index contributed by atoms with van der Waals surface area (Å²) in [4.78, 5) is 0. The molecule has 0 fully saturated rings. The van der Waals surface area contributed by atoms with E-state index in [1.165, 1.54) is 9.87 Å². The average Bonchev–Trinajstić information content (AvgIpc) is 2.31. The second kappa shape index (κ2) is 6.20. The molecule has 0 bridgehead atoms. The van der Waals surface area contributed by atoms with Gasteiger partial charge in [-0.3, -0.25) is 0 Å². The molecule has 18 heavy (non-hydrogen) atoms. The van der Waals surface area contributed by atoms with Crippen molar-refractivity contribution in [2.75, 3.05) is 20.2 Å². The van der Waals surface area contributed by atoms with Crippen molar-refractivity contribution >= 4 is 10.0 Å². The lowest BCUT2D eigenvalue weighted by molar-refractivity contribution is 0.286. The van der Waals surface area contributed by atoms with Crippen LogP contribution in [0.25, 0.3) is 0 Å². The van der Waals surface area contributed by atoms with Gasteiger partial charge in [-0.15, -0.1) is 0 Å². The summed E-state index contributed by atoms with van der Waals surface area (Å²) in [6, 6.07) is 7.69. The molecular formula is C13H21NO3S. The fourth-order valence-corrected chi connectivity index (χ4v) is 2.46. The Labute approximate surface area is 110 Å². The van der Waals surface area contributed by atoms with Gasteiger partial charge in [0.1, 0.15) is 12.4 Å². The second-order valence-electron chi connectivity index (χ2n) is 4.58. The van der Waals surface area contributed by atoms with Crippen LogP contribution >= 0.6 is 0 Å². The van der Waals surface area contributed by atoms with Crippen molar-refractivity contribution in [3.05, 3.63) is 29.8 Å². The summed E-state index contributed by atoms with van der Waals surface area (Å²) in [5.41, 5.74) is 1.17.